The van der Waals surface area contributed by atoms with E-state index in [1.165, 1.54) is 0 Å². The van der Waals surface area contributed by atoms with Crippen molar-refractivity contribution in [3.8, 4) is 0 Å². The van der Waals surface area contributed by atoms with Crippen LogP contribution in [0.15, 0.2) is 48.8 Å². The van der Waals surface area contributed by atoms with Crippen molar-refractivity contribution < 1.29 is 4.79 Å². The van der Waals surface area contributed by atoms with Crippen LogP contribution in [0.5, 0.6) is 0 Å². The highest BCUT2D eigenvalue weighted by Crippen LogP contribution is 2.18. The lowest BCUT2D eigenvalue weighted by atomic mass is 10.1. The summed E-state index contributed by atoms with van der Waals surface area (Å²) in [6, 6.07) is 11.7. The van der Waals surface area contributed by atoms with Crippen molar-refractivity contribution in [2.24, 2.45) is 0 Å². The van der Waals surface area contributed by atoms with Crippen LogP contribution in [0.1, 0.15) is 27.2 Å². The summed E-state index contributed by atoms with van der Waals surface area (Å²) in [6.07, 6.45) is 3.46. The van der Waals surface area contributed by atoms with Crippen molar-refractivity contribution >= 4 is 16.8 Å². The van der Waals surface area contributed by atoms with Gasteiger partial charge in [0.05, 0.1) is 16.8 Å². The van der Waals surface area contributed by atoms with E-state index in [0.29, 0.717) is 12.1 Å². The molecule has 4 heteroatoms. The first kappa shape index (κ1) is 14.2. The quantitative estimate of drug-likeness (QED) is 0.806. The summed E-state index contributed by atoms with van der Waals surface area (Å²) in [5, 5.41) is 3.90. The van der Waals surface area contributed by atoms with Crippen molar-refractivity contribution in [3.63, 3.8) is 0 Å². The van der Waals surface area contributed by atoms with E-state index >= 15 is 0 Å². The van der Waals surface area contributed by atoms with Gasteiger partial charge in [-0.1, -0.05) is 17.7 Å². The molecule has 0 spiro atoms. The molecule has 2 heterocycles. The lowest BCUT2D eigenvalue weighted by Gasteiger charge is -2.09. The lowest BCUT2D eigenvalue weighted by molar-refractivity contribution is 0.0950. The number of nitrogens with one attached hydrogen (secondary N) is 1. The number of aromatic nitrogens is 2. The van der Waals surface area contributed by atoms with Gasteiger partial charge in [-0.05, 0) is 43.7 Å². The summed E-state index contributed by atoms with van der Waals surface area (Å²) < 4.78 is 0. The first-order valence-electron chi connectivity index (χ1n) is 7.18. The Labute approximate surface area is 129 Å². The highest BCUT2D eigenvalue weighted by Gasteiger charge is 2.11. The van der Waals surface area contributed by atoms with Crippen LogP contribution in [0, 0.1) is 13.8 Å². The molecule has 0 bridgehead atoms. The van der Waals surface area contributed by atoms with Gasteiger partial charge in [0.2, 0.25) is 0 Å². The third-order valence-electron chi connectivity index (χ3n) is 3.58. The van der Waals surface area contributed by atoms with Gasteiger partial charge in [0.15, 0.2) is 0 Å². The summed E-state index contributed by atoms with van der Waals surface area (Å²) in [5.74, 6) is -0.114. The average Bonchev–Trinajstić information content (AvgIpc) is 2.53. The van der Waals surface area contributed by atoms with Crippen LogP contribution in [0.25, 0.3) is 10.9 Å². The summed E-state index contributed by atoms with van der Waals surface area (Å²) in [4.78, 5) is 21.0. The molecule has 3 rings (SSSR count). The number of amides is 1. The van der Waals surface area contributed by atoms with E-state index in [1.54, 1.807) is 12.4 Å². The largest absolute Gasteiger partial charge is 0.348 e. The van der Waals surface area contributed by atoms with Gasteiger partial charge in [-0.15, -0.1) is 0 Å². The Morgan fingerprint density at radius 3 is 2.82 bits per heavy atom. The van der Waals surface area contributed by atoms with E-state index in [9.17, 15) is 4.79 Å². The first-order valence-corrected chi connectivity index (χ1v) is 7.18. The number of carbonyl (C=O) groups is 1. The van der Waals surface area contributed by atoms with E-state index in [-0.39, 0.29) is 5.91 Å². The van der Waals surface area contributed by atoms with Gasteiger partial charge >= 0.3 is 0 Å². The molecule has 1 aromatic carbocycles. The molecule has 3 aromatic rings. The van der Waals surface area contributed by atoms with Gasteiger partial charge in [-0.25, -0.2) is 0 Å². The Kier molecular flexibility index (Phi) is 3.83. The summed E-state index contributed by atoms with van der Waals surface area (Å²) in [5.41, 5.74) is 4.38. The van der Waals surface area contributed by atoms with Crippen molar-refractivity contribution in [2.45, 2.75) is 20.4 Å². The maximum Gasteiger partial charge on any atom is 0.253 e. The molecule has 0 saturated carbocycles. The molecular formula is C18H17N3O. The number of nitrogens with zero attached hydrogens (tertiary/aromatic N) is 2. The Bertz CT molecular complexity index is 828. The van der Waals surface area contributed by atoms with E-state index in [4.69, 9.17) is 0 Å². The molecule has 0 unspecified atom stereocenters. The second-order valence-electron chi connectivity index (χ2n) is 5.36. The normalized spacial score (nSPS) is 10.6. The molecule has 0 fully saturated rings. The number of carbonyl (C=O) groups excluding carboxylic acids is 1. The van der Waals surface area contributed by atoms with Crippen LogP contribution in [-0.2, 0) is 6.54 Å². The van der Waals surface area contributed by atoms with Crippen LogP contribution in [0.4, 0.5) is 0 Å². The molecular weight excluding hydrogens is 274 g/mol. The minimum absolute atomic E-state index is 0.114. The predicted octanol–water partition coefficient (Wildman–Crippen LogP) is 3.18. The van der Waals surface area contributed by atoms with Crippen LogP contribution in [0.3, 0.4) is 0 Å². The number of hydrogen-bond acceptors (Lipinski definition) is 3. The van der Waals surface area contributed by atoms with E-state index < -0.39 is 0 Å². The Balaban J connectivity index is 1.85. The second kappa shape index (κ2) is 5.93. The smallest absolute Gasteiger partial charge is 0.253 e. The number of benzene rings is 1. The minimum Gasteiger partial charge on any atom is -0.348 e. The van der Waals surface area contributed by atoms with Crippen LogP contribution >= 0.6 is 0 Å². The minimum atomic E-state index is -0.114. The standard InChI is InChI=1S/C18H17N3O/c1-12-5-6-17-15(8-12)9-16(13(2)21-17)18(22)20-11-14-4-3-7-19-10-14/h3-10H,11H2,1-2H3,(H,20,22). The van der Waals surface area contributed by atoms with Crippen molar-refractivity contribution in [1.82, 2.24) is 15.3 Å². The second-order valence-corrected chi connectivity index (χ2v) is 5.36. The highest BCUT2D eigenvalue weighted by molar-refractivity contribution is 5.98. The van der Waals surface area contributed by atoms with Crippen molar-refractivity contribution in [3.05, 3.63) is 71.2 Å². The number of rotatable bonds is 3. The molecule has 0 saturated heterocycles. The molecule has 1 amide bonds. The third kappa shape index (κ3) is 2.96. The topological polar surface area (TPSA) is 54.9 Å². The first-order chi connectivity index (χ1) is 10.6. The van der Waals surface area contributed by atoms with E-state index in [0.717, 1.165) is 27.7 Å². The number of fused-ring (bicyclic) bond motifs is 1. The average molecular weight is 291 g/mol. The summed E-state index contributed by atoms with van der Waals surface area (Å²) >= 11 is 0. The molecule has 0 aliphatic rings. The van der Waals surface area contributed by atoms with Crippen LogP contribution in [-0.4, -0.2) is 15.9 Å². The van der Waals surface area contributed by atoms with Gasteiger partial charge in [-0.2, -0.15) is 0 Å². The monoisotopic (exact) mass is 291 g/mol. The van der Waals surface area contributed by atoms with E-state index in [1.807, 2.05) is 50.2 Å². The maximum absolute atomic E-state index is 12.4. The number of pyridine rings is 2. The molecule has 0 radical (unpaired) electrons. The van der Waals surface area contributed by atoms with Gasteiger partial charge in [0, 0.05) is 24.3 Å². The fraction of sp³-hybridized carbons (Fsp3) is 0.167. The summed E-state index contributed by atoms with van der Waals surface area (Å²) in [6.45, 7) is 4.34. The molecule has 2 aromatic heterocycles. The SMILES string of the molecule is Cc1ccc2nc(C)c(C(=O)NCc3cccnc3)cc2c1. The summed E-state index contributed by atoms with van der Waals surface area (Å²) in [7, 11) is 0. The maximum atomic E-state index is 12.4. The molecule has 22 heavy (non-hydrogen) atoms. The molecule has 0 aliphatic heterocycles. The fourth-order valence-electron chi connectivity index (χ4n) is 2.40. The van der Waals surface area contributed by atoms with E-state index in [2.05, 4.69) is 15.3 Å². The number of hydrogen-bond donors (Lipinski definition) is 1. The highest BCUT2D eigenvalue weighted by atomic mass is 16.1. The van der Waals surface area contributed by atoms with Gasteiger partial charge in [0.1, 0.15) is 0 Å². The lowest BCUT2D eigenvalue weighted by Crippen LogP contribution is -2.24. The molecule has 4 nitrogen and oxygen atoms in total. The van der Waals surface area contributed by atoms with Crippen molar-refractivity contribution in [1.29, 1.82) is 0 Å². The number of aryl methyl sites for hydroxylation is 2. The molecule has 0 atom stereocenters. The van der Waals surface area contributed by atoms with Gasteiger partial charge < -0.3 is 5.32 Å². The zero-order valence-corrected chi connectivity index (χ0v) is 12.6. The molecule has 0 aliphatic carbocycles. The molecule has 110 valence electrons. The van der Waals surface area contributed by atoms with Crippen LogP contribution < -0.4 is 5.32 Å². The zero-order chi connectivity index (χ0) is 15.5. The zero-order valence-electron chi connectivity index (χ0n) is 12.6. The van der Waals surface area contributed by atoms with Gasteiger partial charge in [0.25, 0.3) is 5.91 Å². The van der Waals surface area contributed by atoms with Gasteiger partial charge in [-0.3, -0.25) is 14.8 Å². The Morgan fingerprint density at radius 2 is 2.05 bits per heavy atom. The Morgan fingerprint density at radius 1 is 1.18 bits per heavy atom. The van der Waals surface area contributed by atoms with Crippen LogP contribution in [0.2, 0.25) is 0 Å². The Hall–Kier alpha value is -2.75. The van der Waals surface area contributed by atoms with Crippen molar-refractivity contribution in [2.75, 3.05) is 0 Å². The fourth-order valence-corrected chi connectivity index (χ4v) is 2.40. The predicted molar refractivity (Wildman–Crippen MR) is 86.6 cm³/mol. The molecule has 1 N–H and O–H groups in total. The third-order valence-corrected chi connectivity index (χ3v) is 3.58.